The molecule has 1 aromatic heterocycles. The van der Waals surface area contributed by atoms with Crippen molar-refractivity contribution >= 4 is 16.1 Å². The van der Waals surface area contributed by atoms with Gasteiger partial charge in [-0.2, -0.15) is 5.10 Å². The van der Waals surface area contributed by atoms with Crippen molar-refractivity contribution < 1.29 is 13.2 Å². The second-order valence-electron chi connectivity index (χ2n) is 4.51. The van der Waals surface area contributed by atoms with Crippen molar-refractivity contribution in [3.05, 3.63) is 17.0 Å². The number of aryl methyl sites for hydroxylation is 2. The SMILES string of the molecule is CCCS(=O)(=O)CCn1nc(CC)c(C=O)c1CC. The summed E-state index contributed by atoms with van der Waals surface area (Å²) >= 11 is 0. The lowest BCUT2D eigenvalue weighted by atomic mass is 10.1. The first-order valence-electron chi connectivity index (χ1n) is 6.73. The maximum Gasteiger partial charge on any atom is 0.153 e. The minimum atomic E-state index is -3.02. The van der Waals surface area contributed by atoms with Crippen LogP contribution in [0.3, 0.4) is 0 Å². The maximum atomic E-state index is 11.7. The molecular formula is C13H22N2O3S. The number of carbonyl (C=O) groups is 1. The summed E-state index contributed by atoms with van der Waals surface area (Å²) in [5.41, 5.74) is 2.20. The molecule has 0 N–H and O–H groups in total. The van der Waals surface area contributed by atoms with Gasteiger partial charge in [-0.15, -0.1) is 0 Å². The first-order chi connectivity index (χ1) is 8.99. The minimum absolute atomic E-state index is 0.0803. The third-order valence-electron chi connectivity index (χ3n) is 3.09. The van der Waals surface area contributed by atoms with Crippen LogP contribution in [-0.2, 0) is 29.2 Å². The van der Waals surface area contributed by atoms with E-state index in [1.165, 1.54) is 0 Å². The number of rotatable bonds is 8. The van der Waals surface area contributed by atoms with Crippen LogP contribution in [0.5, 0.6) is 0 Å². The predicted molar refractivity (Wildman–Crippen MR) is 75.3 cm³/mol. The molecule has 0 aromatic carbocycles. The van der Waals surface area contributed by atoms with Gasteiger partial charge in [-0.3, -0.25) is 9.48 Å². The van der Waals surface area contributed by atoms with Crippen LogP contribution in [0.1, 0.15) is 48.9 Å². The second kappa shape index (κ2) is 6.84. The van der Waals surface area contributed by atoms with Crippen LogP contribution in [0.15, 0.2) is 0 Å². The zero-order valence-electron chi connectivity index (χ0n) is 11.8. The molecule has 0 aliphatic carbocycles. The van der Waals surface area contributed by atoms with E-state index in [4.69, 9.17) is 0 Å². The van der Waals surface area contributed by atoms with Crippen molar-refractivity contribution in [3.63, 3.8) is 0 Å². The van der Waals surface area contributed by atoms with Crippen LogP contribution in [0.2, 0.25) is 0 Å². The highest BCUT2D eigenvalue weighted by atomic mass is 32.2. The largest absolute Gasteiger partial charge is 0.298 e. The third kappa shape index (κ3) is 3.89. The summed E-state index contributed by atoms with van der Waals surface area (Å²) in [5, 5.41) is 4.35. The van der Waals surface area contributed by atoms with Crippen molar-refractivity contribution in [1.29, 1.82) is 0 Å². The van der Waals surface area contributed by atoms with Gasteiger partial charge in [-0.1, -0.05) is 20.8 Å². The molecule has 0 radical (unpaired) electrons. The summed E-state index contributed by atoms with van der Waals surface area (Å²) in [5.74, 6) is 0.286. The molecule has 0 spiro atoms. The Morgan fingerprint density at radius 1 is 1.16 bits per heavy atom. The highest BCUT2D eigenvalue weighted by Crippen LogP contribution is 2.14. The summed E-state index contributed by atoms with van der Waals surface area (Å²) < 4.78 is 25.1. The summed E-state index contributed by atoms with van der Waals surface area (Å²) in [6, 6.07) is 0. The molecule has 0 amide bonds. The topological polar surface area (TPSA) is 69.0 Å². The van der Waals surface area contributed by atoms with Crippen molar-refractivity contribution in [3.8, 4) is 0 Å². The lowest BCUT2D eigenvalue weighted by Crippen LogP contribution is -2.18. The smallest absolute Gasteiger partial charge is 0.153 e. The van der Waals surface area contributed by atoms with Gasteiger partial charge in [-0.05, 0) is 19.3 Å². The highest BCUT2D eigenvalue weighted by Gasteiger charge is 2.17. The van der Waals surface area contributed by atoms with Gasteiger partial charge in [0.2, 0.25) is 0 Å². The third-order valence-corrected chi connectivity index (χ3v) is 4.93. The molecular weight excluding hydrogens is 264 g/mol. The fourth-order valence-electron chi connectivity index (χ4n) is 2.16. The normalized spacial score (nSPS) is 11.7. The van der Waals surface area contributed by atoms with E-state index in [0.717, 1.165) is 17.7 Å². The lowest BCUT2D eigenvalue weighted by Gasteiger charge is -2.06. The van der Waals surface area contributed by atoms with E-state index in [9.17, 15) is 13.2 Å². The average molecular weight is 286 g/mol. The zero-order chi connectivity index (χ0) is 14.5. The molecule has 6 heteroatoms. The number of sulfone groups is 1. The molecule has 0 saturated carbocycles. The van der Waals surface area contributed by atoms with E-state index in [1.54, 1.807) is 4.68 Å². The average Bonchev–Trinajstić information content (AvgIpc) is 2.73. The van der Waals surface area contributed by atoms with Gasteiger partial charge >= 0.3 is 0 Å². The number of nitrogens with zero attached hydrogens (tertiary/aromatic N) is 2. The summed E-state index contributed by atoms with van der Waals surface area (Å²) in [6.07, 6.45) is 2.80. The first kappa shape index (κ1) is 15.9. The van der Waals surface area contributed by atoms with Gasteiger partial charge in [0.25, 0.3) is 0 Å². The lowest BCUT2D eigenvalue weighted by molar-refractivity contribution is 0.112. The number of aldehydes is 1. The Morgan fingerprint density at radius 2 is 1.84 bits per heavy atom. The summed E-state index contributed by atoms with van der Waals surface area (Å²) in [4.78, 5) is 11.1. The first-order valence-corrected chi connectivity index (χ1v) is 8.55. The Hall–Kier alpha value is -1.17. The van der Waals surface area contributed by atoms with Gasteiger partial charge in [0.05, 0.1) is 23.6 Å². The van der Waals surface area contributed by atoms with Gasteiger partial charge in [0.15, 0.2) is 16.1 Å². The molecule has 0 aliphatic rings. The van der Waals surface area contributed by atoms with E-state index in [0.29, 0.717) is 31.4 Å². The van der Waals surface area contributed by atoms with Crippen molar-refractivity contribution in [2.45, 2.75) is 46.6 Å². The quantitative estimate of drug-likeness (QED) is 0.681. The van der Waals surface area contributed by atoms with Crippen LogP contribution in [-0.4, -0.2) is 36.0 Å². The minimum Gasteiger partial charge on any atom is -0.298 e. The molecule has 19 heavy (non-hydrogen) atoms. The fourth-order valence-corrected chi connectivity index (χ4v) is 3.44. The molecule has 0 atom stereocenters. The van der Waals surface area contributed by atoms with Crippen molar-refractivity contribution in [2.75, 3.05) is 11.5 Å². The Balaban J connectivity index is 2.95. The number of hydrogen-bond donors (Lipinski definition) is 0. The van der Waals surface area contributed by atoms with E-state index >= 15 is 0 Å². The molecule has 0 fully saturated rings. The molecule has 108 valence electrons. The zero-order valence-corrected chi connectivity index (χ0v) is 12.7. The van der Waals surface area contributed by atoms with Crippen molar-refractivity contribution in [2.24, 2.45) is 0 Å². The van der Waals surface area contributed by atoms with Gasteiger partial charge in [0.1, 0.15) is 0 Å². The van der Waals surface area contributed by atoms with Crippen LogP contribution >= 0.6 is 0 Å². The van der Waals surface area contributed by atoms with Gasteiger partial charge in [0, 0.05) is 11.4 Å². The Morgan fingerprint density at radius 3 is 2.32 bits per heavy atom. The van der Waals surface area contributed by atoms with Gasteiger partial charge < -0.3 is 0 Å². The molecule has 0 saturated heterocycles. The van der Waals surface area contributed by atoms with E-state index < -0.39 is 9.84 Å². The predicted octanol–water partition coefficient (Wildman–Crippen LogP) is 1.65. The molecule has 1 heterocycles. The van der Waals surface area contributed by atoms with E-state index in [1.807, 2.05) is 20.8 Å². The monoisotopic (exact) mass is 286 g/mol. The number of aromatic nitrogens is 2. The molecule has 1 rings (SSSR count). The standard InChI is InChI=1S/C13H22N2O3S/c1-4-8-19(17,18)9-7-15-13(6-3)11(10-16)12(5-2)14-15/h10H,4-9H2,1-3H3. The molecule has 0 aliphatic heterocycles. The van der Waals surface area contributed by atoms with Crippen LogP contribution in [0.25, 0.3) is 0 Å². The van der Waals surface area contributed by atoms with Gasteiger partial charge in [-0.25, -0.2) is 8.42 Å². The van der Waals surface area contributed by atoms with E-state index in [2.05, 4.69) is 5.10 Å². The van der Waals surface area contributed by atoms with Crippen LogP contribution in [0.4, 0.5) is 0 Å². The number of carbonyl (C=O) groups excluding carboxylic acids is 1. The molecule has 1 aromatic rings. The van der Waals surface area contributed by atoms with Crippen LogP contribution < -0.4 is 0 Å². The number of hydrogen-bond acceptors (Lipinski definition) is 4. The fraction of sp³-hybridized carbons (Fsp3) is 0.692. The Labute approximate surface area is 114 Å². The van der Waals surface area contributed by atoms with Crippen LogP contribution in [0, 0.1) is 0 Å². The van der Waals surface area contributed by atoms with Crippen molar-refractivity contribution in [1.82, 2.24) is 9.78 Å². The maximum absolute atomic E-state index is 11.7. The van der Waals surface area contributed by atoms with E-state index in [-0.39, 0.29) is 11.5 Å². The molecule has 5 nitrogen and oxygen atoms in total. The summed E-state index contributed by atoms with van der Waals surface area (Å²) in [6.45, 7) is 6.06. The summed E-state index contributed by atoms with van der Waals surface area (Å²) in [7, 11) is -3.02. The highest BCUT2D eigenvalue weighted by molar-refractivity contribution is 7.91. The Bertz CT molecular complexity index is 532. The second-order valence-corrected chi connectivity index (χ2v) is 6.81. The molecule has 0 bridgehead atoms. The Kier molecular flexibility index (Phi) is 5.72. The molecule has 0 unspecified atom stereocenters.